The smallest absolute Gasteiger partial charge is 0.120 e. The first-order valence-corrected chi connectivity index (χ1v) is 6.18. The van der Waals surface area contributed by atoms with Gasteiger partial charge < -0.3 is 10.5 Å². The van der Waals surface area contributed by atoms with Gasteiger partial charge in [0, 0.05) is 10.5 Å². The zero-order chi connectivity index (χ0) is 10.8. The lowest BCUT2D eigenvalue weighted by Gasteiger charge is -2.26. The Bertz CT molecular complexity index is 347. The van der Waals surface area contributed by atoms with Crippen molar-refractivity contribution in [3.05, 3.63) is 28.2 Å². The molecule has 0 aromatic heterocycles. The summed E-state index contributed by atoms with van der Waals surface area (Å²) < 4.78 is 6.83. The molecule has 2 nitrogen and oxygen atoms in total. The summed E-state index contributed by atoms with van der Waals surface area (Å²) in [4.78, 5) is 0. The highest BCUT2D eigenvalue weighted by Crippen LogP contribution is 2.30. The first-order chi connectivity index (χ1) is 7.16. The lowest BCUT2D eigenvalue weighted by Crippen LogP contribution is -2.24. The van der Waals surface area contributed by atoms with Crippen LogP contribution in [-0.4, -0.2) is 6.10 Å². The molecule has 0 amide bonds. The van der Waals surface area contributed by atoms with Crippen LogP contribution in [0.1, 0.15) is 37.8 Å². The highest BCUT2D eigenvalue weighted by molar-refractivity contribution is 9.10. The summed E-state index contributed by atoms with van der Waals surface area (Å²) in [6, 6.07) is 6.10. The van der Waals surface area contributed by atoms with Gasteiger partial charge in [-0.25, -0.2) is 0 Å². The highest BCUT2D eigenvalue weighted by Gasteiger charge is 2.19. The van der Waals surface area contributed by atoms with Gasteiger partial charge in [-0.1, -0.05) is 22.0 Å². The van der Waals surface area contributed by atoms with Crippen LogP contribution in [0.5, 0.6) is 5.75 Å². The lowest BCUT2D eigenvalue weighted by atomic mass is 9.96. The zero-order valence-corrected chi connectivity index (χ0v) is 10.5. The van der Waals surface area contributed by atoms with Gasteiger partial charge in [-0.2, -0.15) is 0 Å². The van der Waals surface area contributed by atoms with Crippen LogP contribution in [0, 0.1) is 0 Å². The second kappa shape index (κ2) is 4.54. The maximum Gasteiger partial charge on any atom is 0.120 e. The highest BCUT2D eigenvalue weighted by atomic mass is 79.9. The molecule has 1 fully saturated rings. The maximum atomic E-state index is 5.83. The van der Waals surface area contributed by atoms with Crippen LogP contribution in [0.15, 0.2) is 22.7 Å². The number of halogens is 1. The van der Waals surface area contributed by atoms with Crippen LogP contribution in [0.3, 0.4) is 0 Å². The summed E-state index contributed by atoms with van der Waals surface area (Å²) in [6.45, 7) is 1.98. The molecule has 82 valence electrons. The molecule has 0 heterocycles. The van der Waals surface area contributed by atoms with Crippen molar-refractivity contribution in [1.82, 2.24) is 0 Å². The first-order valence-electron chi connectivity index (χ1n) is 5.38. The molecule has 1 unspecified atom stereocenters. The second-order valence-corrected chi connectivity index (χ2v) is 5.00. The van der Waals surface area contributed by atoms with Gasteiger partial charge in [-0.3, -0.25) is 0 Å². The monoisotopic (exact) mass is 269 g/mol. The predicted octanol–water partition coefficient (Wildman–Crippen LogP) is 3.40. The van der Waals surface area contributed by atoms with Gasteiger partial charge in [-0.15, -0.1) is 0 Å². The molecule has 2 rings (SSSR count). The number of hydrogen-bond acceptors (Lipinski definition) is 2. The van der Waals surface area contributed by atoms with E-state index in [2.05, 4.69) is 15.9 Å². The summed E-state index contributed by atoms with van der Waals surface area (Å²) in [5.41, 5.74) is 6.95. The van der Waals surface area contributed by atoms with E-state index < -0.39 is 0 Å². The van der Waals surface area contributed by atoms with E-state index in [4.69, 9.17) is 10.5 Å². The van der Waals surface area contributed by atoms with Gasteiger partial charge in [0.2, 0.25) is 0 Å². The van der Waals surface area contributed by atoms with E-state index in [1.54, 1.807) is 0 Å². The number of rotatable bonds is 3. The van der Waals surface area contributed by atoms with Crippen molar-refractivity contribution in [1.29, 1.82) is 0 Å². The molecule has 0 aliphatic heterocycles. The fraction of sp³-hybridized carbons (Fsp3) is 0.500. The van der Waals surface area contributed by atoms with E-state index in [1.165, 1.54) is 19.3 Å². The van der Waals surface area contributed by atoms with Gasteiger partial charge in [0.15, 0.2) is 0 Å². The fourth-order valence-corrected chi connectivity index (χ4v) is 2.35. The van der Waals surface area contributed by atoms with Crippen molar-refractivity contribution >= 4 is 15.9 Å². The molecular formula is C12H16BrNO. The quantitative estimate of drug-likeness (QED) is 0.913. The van der Waals surface area contributed by atoms with E-state index in [0.29, 0.717) is 6.10 Å². The second-order valence-electron chi connectivity index (χ2n) is 4.14. The first kappa shape index (κ1) is 11.0. The Morgan fingerprint density at radius 1 is 1.47 bits per heavy atom. The minimum Gasteiger partial charge on any atom is -0.490 e. The molecule has 1 saturated carbocycles. The molecule has 1 atom stereocenters. The summed E-state index contributed by atoms with van der Waals surface area (Å²) in [6.07, 6.45) is 4.10. The van der Waals surface area contributed by atoms with Gasteiger partial charge in [0.25, 0.3) is 0 Å². The standard InChI is InChI=1S/C12H16BrNO/c1-8(14)11-6-5-10(7-12(11)13)15-9-3-2-4-9/h5-9H,2-4,14H2,1H3. The van der Waals surface area contributed by atoms with Gasteiger partial charge in [0.05, 0.1) is 6.10 Å². The van der Waals surface area contributed by atoms with E-state index in [-0.39, 0.29) is 6.04 Å². The zero-order valence-electron chi connectivity index (χ0n) is 8.87. The Morgan fingerprint density at radius 2 is 2.20 bits per heavy atom. The van der Waals surface area contributed by atoms with Crippen molar-refractivity contribution < 1.29 is 4.74 Å². The lowest BCUT2D eigenvalue weighted by molar-refractivity contribution is 0.120. The molecule has 1 aromatic rings. The average Bonchev–Trinajstić information content (AvgIpc) is 2.11. The Kier molecular flexibility index (Phi) is 3.32. The van der Waals surface area contributed by atoms with Crippen LogP contribution in [0.25, 0.3) is 0 Å². The van der Waals surface area contributed by atoms with Gasteiger partial charge in [-0.05, 0) is 43.9 Å². The third-order valence-corrected chi connectivity index (χ3v) is 3.50. The largest absolute Gasteiger partial charge is 0.490 e. The molecule has 0 spiro atoms. The van der Waals surface area contributed by atoms with Crippen LogP contribution in [-0.2, 0) is 0 Å². The third-order valence-electron chi connectivity index (χ3n) is 2.82. The molecule has 15 heavy (non-hydrogen) atoms. The van der Waals surface area contributed by atoms with Crippen LogP contribution in [0.4, 0.5) is 0 Å². The van der Waals surface area contributed by atoms with Crippen molar-refractivity contribution in [2.24, 2.45) is 5.73 Å². The summed E-state index contributed by atoms with van der Waals surface area (Å²) in [5.74, 6) is 0.941. The Hall–Kier alpha value is -0.540. The van der Waals surface area contributed by atoms with Crippen molar-refractivity contribution in [2.75, 3.05) is 0 Å². The van der Waals surface area contributed by atoms with Crippen LogP contribution >= 0.6 is 15.9 Å². The summed E-state index contributed by atoms with van der Waals surface area (Å²) in [5, 5.41) is 0. The minimum absolute atomic E-state index is 0.0529. The van der Waals surface area contributed by atoms with E-state index in [1.807, 2.05) is 25.1 Å². The Balaban J connectivity index is 2.10. The molecule has 1 aliphatic rings. The van der Waals surface area contributed by atoms with E-state index in [9.17, 15) is 0 Å². The van der Waals surface area contributed by atoms with E-state index in [0.717, 1.165) is 15.8 Å². The molecule has 3 heteroatoms. The normalized spacial score (nSPS) is 18.3. The number of hydrogen-bond donors (Lipinski definition) is 1. The van der Waals surface area contributed by atoms with Crippen molar-refractivity contribution in [2.45, 2.75) is 38.3 Å². The number of benzene rings is 1. The summed E-state index contributed by atoms with van der Waals surface area (Å²) in [7, 11) is 0. The molecule has 0 radical (unpaired) electrons. The van der Waals surface area contributed by atoms with Gasteiger partial charge in [0.1, 0.15) is 5.75 Å². The third kappa shape index (κ3) is 2.52. The number of nitrogens with two attached hydrogens (primary N) is 1. The Morgan fingerprint density at radius 3 is 2.67 bits per heavy atom. The van der Waals surface area contributed by atoms with Gasteiger partial charge >= 0.3 is 0 Å². The topological polar surface area (TPSA) is 35.2 Å². The minimum atomic E-state index is 0.0529. The van der Waals surface area contributed by atoms with Crippen LogP contribution < -0.4 is 10.5 Å². The van der Waals surface area contributed by atoms with Crippen LogP contribution in [0.2, 0.25) is 0 Å². The van der Waals surface area contributed by atoms with E-state index >= 15 is 0 Å². The molecule has 1 aliphatic carbocycles. The molecule has 0 bridgehead atoms. The molecule has 2 N–H and O–H groups in total. The SMILES string of the molecule is CC(N)c1ccc(OC2CCC2)cc1Br. The van der Waals surface area contributed by atoms with Crippen molar-refractivity contribution in [3.63, 3.8) is 0 Å². The molecular weight excluding hydrogens is 254 g/mol. The Labute approximate surface area is 98.9 Å². The molecule has 0 saturated heterocycles. The molecule has 1 aromatic carbocycles. The summed E-state index contributed by atoms with van der Waals surface area (Å²) >= 11 is 3.52. The average molecular weight is 270 g/mol. The fourth-order valence-electron chi connectivity index (χ4n) is 1.63. The number of ether oxygens (including phenoxy) is 1. The predicted molar refractivity (Wildman–Crippen MR) is 65.0 cm³/mol. The van der Waals surface area contributed by atoms with Crippen molar-refractivity contribution in [3.8, 4) is 5.75 Å². The maximum absolute atomic E-state index is 5.83.